The van der Waals surface area contributed by atoms with Gasteiger partial charge in [-0.1, -0.05) is 11.3 Å². The van der Waals surface area contributed by atoms with Crippen molar-refractivity contribution < 1.29 is 0 Å². The van der Waals surface area contributed by atoms with Gasteiger partial charge in [-0.3, -0.25) is 4.79 Å². The number of aromatic nitrogens is 1. The minimum atomic E-state index is 0.191. The van der Waals surface area contributed by atoms with Crippen molar-refractivity contribution in [3.05, 3.63) is 20.7 Å². The van der Waals surface area contributed by atoms with Gasteiger partial charge >= 0.3 is 4.87 Å². The molecule has 1 fully saturated rings. The predicted molar refractivity (Wildman–Crippen MR) is 63.5 cm³/mol. The van der Waals surface area contributed by atoms with Gasteiger partial charge in [-0.2, -0.15) is 0 Å². The molecule has 0 saturated carbocycles. The van der Waals surface area contributed by atoms with Crippen molar-refractivity contribution >= 4 is 11.3 Å². The zero-order valence-corrected chi connectivity index (χ0v) is 9.98. The molecule has 84 valence electrons. The Hall–Kier alpha value is -0.610. The van der Waals surface area contributed by atoms with Crippen molar-refractivity contribution in [2.75, 3.05) is 13.1 Å². The lowest BCUT2D eigenvalue weighted by Gasteiger charge is -2.22. The summed E-state index contributed by atoms with van der Waals surface area (Å²) in [6.07, 6.45) is 3.72. The zero-order valence-electron chi connectivity index (χ0n) is 9.16. The number of aryl methyl sites for hydroxylation is 1. The number of hydrogen-bond donors (Lipinski definition) is 1. The van der Waals surface area contributed by atoms with Gasteiger partial charge in [0, 0.05) is 17.6 Å². The van der Waals surface area contributed by atoms with Crippen molar-refractivity contribution in [3.8, 4) is 0 Å². The molecule has 1 saturated heterocycles. The normalized spacial score (nSPS) is 21.8. The fraction of sp³-hybridized carbons (Fsp3) is 0.727. The molecule has 1 unspecified atom stereocenters. The highest BCUT2D eigenvalue weighted by atomic mass is 32.1. The second-order valence-corrected chi connectivity index (χ2v) is 5.12. The topological polar surface area (TPSA) is 34.0 Å². The van der Waals surface area contributed by atoms with Crippen LogP contribution in [0.3, 0.4) is 0 Å². The molecule has 1 aliphatic heterocycles. The van der Waals surface area contributed by atoms with E-state index in [2.05, 4.69) is 5.32 Å². The quantitative estimate of drug-likeness (QED) is 0.849. The highest BCUT2D eigenvalue weighted by molar-refractivity contribution is 7.07. The maximum atomic E-state index is 11.5. The summed E-state index contributed by atoms with van der Waals surface area (Å²) in [4.78, 5) is 11.7. The minimum absolute atomic E-state index is 0.191. The van der Waals surface area contributed by atoms with Crippen LogP contribution in [0.4, 0.5) is 0 Å². The molecule has 1 aromatic heterocycles. The lowest BCUT2D eigenvalue weighted by atomic mass is 9.96. The van der Waals surface area contributed by atoms with Crippen LogP contribution in [0.25, 0.3) is 0 Å². The monoisotopic (exact) mass is 226 g/mol. The molecule has 15 heavy (non-hydrogen) atoms. The Labute approximate surface area is 94.1 Å². The smallest absolute Gasteiger partial charge is 0.307 e. The van der Waals surface area contributed by atoms with Gasteiger partial charge in [0.2, 0.25) is 0 Å². The van der Waals surface area contributed by atoms with E-state index in [9.17, 15) is 4.79 Å². The average Bonchev–Trinajstić information content (AvgIpc) is 2.58. The predicted octanol–water partition coefficient (Wildman–Crippen LogP) is 1.61. The maximum absolute atomic E-state index is 11.5. The lowest BCUT2D eigenvalue weighted by molar-refractivity contribution is 0.340. The Morgan fingerprint density at radius 2 is 2.53 bits per heavy atom. The minimum Gasteiger partial charge on any atom is -0.316 e. The summed E-state index contributed by atoms with van der Waals surface area (Å²) in [5, 5.41) is 5.36. The molecule has 0 aromatic carbocycles. The van der Waals surface area contributed by atoms with Gasteiger partial charge in [-0.05, 0) is 45.2 Å². The summed E-state index contributed by atoms with van der Waals surface area (Å²) in [7, 11) is 0. The van der Waals surface area contributed by atoms with E-state index in [1.54, 1.807) is 0 Å². The molecular weight excluding hydrogens is 208 g/mol. The van der Waals surface area contributed by atoms with Crippen LogP contribution in [-0.2, 0) is 6.54 Å². The highest BCUT2D eigenvalue weighted by Gasteiger charge is 2.13. The third kappa shape index (κ3) is 2.69. The van der Waals surface area contributed by atoms with Gasteiger partial charge < -0.3 is 9.88 Å². The molecule has 2 heterocycles. The van der Waals surface area contributed by atoms with Crippen molar-refractivity contribution in [1.29, 1.82) is 0 Å². The first-order valence-electron chi connectivity index (χ1n) is 5.63. The van der Waals surface area contributed by atoms with Crippen molar-refractivity contribution in [2.45, 2.75) is 32.7 Å². The molecule has 4 heteroatoms. The fourth-order valence-electron chi connectivity index (χ4n) is 2.16. The van der Waals surface area contributed by atoms with Crippen LogP contribution in [0.15, 0.2) is 10.2 Å². The fourth-order valence-corrected chi connectivity index (χ4v) is 2.92. The number of hydrogen-bond acceptors (Lipinski definition) is 3. The second kappa shape index (κ2) is 4.94. The van der Waals surface area contributed by atoms with Crippen molar-refractivity contribution in [1.82, 2.24) is 9.88 Å². The molecule has 1 aliphatic rings. The molecule has 0 bridgehead atoms. The van der Waals surface area contributed by atoms with Gasteiger partial charge in [-0.15, -0.1) is 0 Å². The van der Waals surface area contributed by atoms with Crippen LogP contribution in [-0.4, -0.2) is 17.7 Å². The molecule has 1 N–H and O–H groups in total. The largest absolute Gasteiger partial charge is 0.316 e. The van der Waals surface area contributed by atoms with E-state index in [4.69, 9.17) is 0 Å². The standard InChI is InChI=1S/C11H18N2OS/c1-9-8-15-11(14)13(9)6-4-10-3-2-5-12-7-10/h8,10,12H,2-7H2,1H3. The van der Waals surface area contributed by atoms with Gasteiger partial charge in [0.1, 0.15) is 0 Å². The van der Waals surface area contributed by atoms with Gasteiger partial charge in [0.25, 0.3) is 0 Å². The molecule has 2 rings (SSSR count). The van der Waals surface area contributed by atoms with Crippen LogP contribution in [0, 0.1) is 12.8 Å². The van der Waals surface area contributed by atoms with E-state index < -0.39 is 0 Å². The third-order valence-electron chi connectivity index (χ3n) is 3.14. The molecule has 1 atom stereocenters. The van der Waals surface area contributed by atoms with Crippen LogP contribution in [0.1, 0.15) is 25.0 Å². The third-order valence-corrected chi connectivity index (χ3v) is 4.02. The molecule has 3 nitrogen and oxygen atoms in total. The Balaban J connectivity index is 1.89. The van der Waals surface area contributed by atoms with Gasteiger partial charge in [0.05, 0.1) is 0 Å². The molecule has 0 aliphatic carbocycles. The first-order chi connectivity index (χ1) is 7.27. The summed E-state index contributed by atoms with van der Waals surface area (Å²) < 4.78 is 1.90. The highest BCUT2D eigenvalue weighted by Crippen LogP contribution is 2.15. The van der Waals surface area contributed by atoms with E-state index in [-0.39, 0.29) is 4.87 Å². The summed E-state index contributed by atoms with van der Waals surface area (Å²) in [6, 6.07) is 0. The second-order valence-electron chi connectivity index (χ2n) is 4.30. The zero-order chi connectivity index (χ0) is 10.7. The number of nitrogens with zero attached hydrogens (tertiary/aromatic N) is 1. The van der Waals surface area contributed by atoms with Crippen LogP contribution in [0.2, 0.25) is 0 Å². The molecule has 0 radical (unpaired) electrons. The van der Waals surface area contributed by atoms with E-state index in [1.165, 1.54) is 24.2 Å². The first-order valence-corrected chi connectivity index (χ1v) is 6.51. The molecule has 0 amide bonds. The van der Waals surface area contributed by atoms with E-state index in [0.29, 0.717) is 0 Å². The van der Waals surface area contributed by atoms with Crippen molar-refractivity contribution in [2.24, 2.45) is 5.92 Å². The Morgan fingerprint density at radius 3 is 3.13 bits per heavy atom. The van der Waals surface area contributed by atoms with Crippen LogP contribution >= 0.6 is 11.3 Å². The summed E-state index contributed by atoms with van der Waals surface area (Å²) in [6.45, 7) is 5.18. The van der Waals surface area contributed by atoms with E-state index >= 15 is 0 Å². The Kier molecular flexibility index (Phi) is 3.59. The molecule has 0 spiro atoms. The number of nitrogens with one attached hydrogen (secondary N) is 1. The van der Waals surface area contributed by atoms with Crippen molar-refractivity contribution in [3.63, 3.8) is 0 Å². The Morgan fingerprint density at radius 1 is 1.67 bits per heavy atom. The number of piperidine rings is 1. The summed E-state index contributed by atoms with van der Waals surface area (Å²) >= 11 is 1.31. The lowest BCUT2D eigenvalue weighted by Crippen LogP contribution is -2.31. The van der Waals surface area contributed by atoms with Crippen LogP contribution in [0.5, 0.6) is 0 Å². The SMILES string of the molecule is Cc1csc(=O)n1CCC1CCCNC1. The Bertz CT molecular complexity index is 363. The van der Waals surface area contributed by atoms with E-state index in [0.717, 1.165) is 37.7 Å². The first kappa shape index (κ1) is 10.9. The van der Waals surface area contributed by atoms with Crippen LogP contribution < -0.4 is 10.2 Å². The summed E-state index contributed by atoms with van der Waals surface area (Å²) in [5.41, 5.74) is 1.11. The summed E-state index contributed by atoms with van der Waals surface area (Å²) in [5.74, 6) is 0.755. The molecular formula is C11H18N2OS. The maximum Gasteiger partial charge on any atom is 0.307 e. The number of rotatable bonds is 3. The van der Waals surface area contributed by atoms with E-state index in [1.807, 2.05) is 16.9 Å². The number of thiazole rings is 1. The average molecular weight is 226 g/mol. The van der Waals surface area contributed by atoms with Gasteiger partial charge in [-0.25, -0.2) is 0 Å². The van der Waals surface area contributed by atoms with Gasteiger partial charge in [0.15, 0.2) is 0 Å². The molecule has 1 aromatic rings.